The summed E-state index contributed by atoms with van der Waals surface area (Å²) in [6.45, 7) is 3.38. The van der Waals surface area contributed by atoms with Crippen LogP contribution in [0, 0.1) is 5.82 Å². The molecular weight excluding hydrogens is 337 g/mol. The van der Waals surface area contributed by atoms with Crippen molar-refractivity contribution in [1.82, 2.24) is 14.9 Å². The predicted octanol–water partition coefficient (Wildman–Crippen LogP) is 1.64. The van der Waals surface area contributed by atoms with E-state index in [1.807, 2.05) is 11.0 Å². The summed E-state index contributed by atoms with van der Waals surface area (Å²) in [5.74, 6) is 0.201. The molecule has 0 unspecified atom stereocenters. The summed E-state index contributed by atoms with van der Waals surface area (Å²) < 4.78 is 18.8. The maximum absolute atomic E-state index is 13.9. The van der Waals surface area contributed by atoms with Crippen LogP contribution in [-0.4, -0.2) is 67.2 Å². The lowest BCUT2D eigenvalue weighted by atomic mass is 10.2. The van der Waals surface area contributed by atoms with Crippen molar-refractivity contribution in [3.8, 4) is 0 Å². The summed E-state index contributed by atoms with van der Waals surface area (Å²) in [6.07, 6.45) is 3.01. The van der Waals surface area contributed by atoms with E-state index in [9.17, 15) is 9.18 Å². The Bertz CT molecular complexity index is 733. The summed E-state index contributed by atoms with van der Waals surface area (Å²) in [4.78, 5) is 24.6. The number of hydrogen-bond donors (Lipinski definition) is 1. The first kappa shape index (κ1) is 18.1. The number of aromatic nitrogens is 2. The molecule has 0 spiro atoms. The molecule has 0 saturated carbocycles. The van der Waals surface area contributed by atoms with Gasteiger partial charge in [-0.25, -0.2) is 14.4 Å². The number of nitrogens with zero attached hydrogens (tertiary/aromatic N) is 4. The van der Waals surface area contributed by atoms with Gasteiger partial charge in [-0.05, 0) is 12.1 Å². The summed E-state index contributed by atoms with van der Waals surface area (Å²) in [7, 11) is 1.63. The Labute approximate surface area is 151 Å². The fraction of sp³-hybridized carbons (Fsp3) is 0.389. The minimum atomic E-state index is -0.241. The van der Waals surface area contributed by atoms with E-state index in [2.05, 4.69) is 15.3 Å². The normalized spacial score (nSPS) is 14.4. The molecular formula is C18H22FN5O2. The number of hydrogen-bond acceptors (Lipinski definition) is 6. The van der Waals surface area contributed by atoms with Gasteiger partial charge >= 0.3 is 0 Å². The number of ether oxygens (including phenoxy) is 1. The molecule has 0 bridgehead atoms. The predicted molar refractivity (Wildman–Crippen MR) is 96.9 cm³/mol. The number of carbonyl (C=O) groups is 1. The number of amides is 1. The highest BCUT2D eigenvalue weighted by molar-refractivity contribution is 5.92. The van der Waals surface area contributed by atoms with Crippen LogP contribution in [0.25, 0.3) is 0 Å². The maximum Gasteiger partial charge on any atom is 0.274 e. The second kappa shape index (κ2) is 8.57. The lowest BCUT2D eigenvalue weighted by Gasteiger charge is -2.36. The third-order valence-electron chi connectivity index (χ3n) is 4.24. The van der Waals surface area contributed by atoms with Gasteiger partial charge in [0.15, 0.2) is 0 Å². The average Bonchev–Trinajstić information content (AvgIpc) is 2.69. The largest absolute Gasteiger partial charge is 0.383 e. The number of rotatable bonds is 6. The zero-order valence-corrected chi connectivity index (χ0v) is 14.7. The fourth-order valence-electron chi connectivity index (χ4n) is 2.83. The second-order valence-corrected chi connectivity index (χ2v) is 5.94. The molecule has 1 amide bonds. The molecule has 1 fully saturated rings. The molecule has 1 aromatic carbocycles. The van der Waals surface area contributed by atoms with Crippen LogP contribution in [0.2, 0.25) is 0 Å². The molecule has 7 nitrogen and oxygen atoms in total. The van der Waals surface area contributed by atoms with E-state index in [0.717, 1.165) is 0 Å². The minimum Gasteiger partial charge on any atom is -0.383 e. The zero-order valence-electron chi connectivity index (χ0n) is 14.7. The highest BCUT2D eigenvalue weighted by Crippen LogP contribution is 2.20. The summed E-state index contributed by atoms with van der Waals surface area (Å²) in [6, 6.07) is 6.69. The van der Waals surface area contributed by atoms with E-state index < -0.39 is 0 Å². The molecule has 1 aliphatic heterocycles. The number of anilines is 2. The number of carbonyl (C=O) groups excluding carboxylic acids is 1. The van der Waals surface area contributed by atoms with E-state index in [1.54, 1.807) is 30.3 Å². The van der Waals surface area contributed by atoms with Crippen LogP contribution in [0.4, 0.5) is 15.9 Å². The Morgan fingerprint density at radius 2 is 1.96 bits per heavy atom. The van der Waals surface area contributed by atoms with Crippen molar-refractivity contribution in [3.63, 3.8) is 0 Å². The molecule has 3 rings (SSSR count). The highest BCUT2D eigenvalue weighted by atomic mass is 19.1. The van der Waals surface area contributed by atoms with E-state index in [4.69, 9.17) is 4.74 Å². The molecule has 0 aliphatic carbocycles. The van der Waals surface area contributed by atoms with Gasteiger partial charge in [0.2, 0.25) is 0 Å². The van der Waals surface area contributed by atoms with Crippen LogP contribution in [0.15, 0.2) is 36.7 Å². The third kappa shape index (κ3) is 4.26. The Balaban J connectivity index is 1.56. The smallest absolute Gasteiger partial charge is 0.274 e. The minimum absolute atomic E-state index is 0.158. The van der Waals surface area contributed by atoms with Crippen LogP contribution in [-0.2, 0) is 4.74 Å². The topological polar surface area (TPSA) is 70.6 Å². The maximum atomic E-state index is 13.9. The Morgan fingerprint density at radius 1 is 1.19 bits per heavy atom. The molecule has 2 aromatic rings. The zero-order chi connectivity index (χ0) is 18.4. The van der Waals surface area contributed by atoms with Crippen molar-refractivity contribution in [2.45, 2.75) is 0 Å². The average molecular weight is 359 g/mol. The molecule has 1 saturated heterocycles. The molecule has 1 N–H and O–H groups in total. The second-order valence-electron chi connectivity index (χ2n) is 5.94. The van der Waals surface area contributed by atoms with Crippen molar-refractivity contribution in [2.24, 2.45) is 0 Å². The summed E-state index contributed by atoms with van der Waals surface area (Å²) in [5.41, 5.74) is 0.882. The molecule has 1 aliphatic rings. The van der Waals surface area contributed by atoms with Crippen LogP contribution in [0.1, 0.15) is 10.5 Å². The van der Waals surface area contributed by atoms with Crippen molar-refractivity contribution in [2.75, 3.05) is 56.7 Å². The first-order valence-corrected chi connectivity index (χ1v) is 8.52. The van der Waals surface area contributed by atoms with E-state index in [1.165, 1.54) is 12.3 Å². The van der Waals surface area contributed by atoms with Gasteiger partial charge in [-0.15, -0.1) is 0 Å². The lowest BCUT2D eigenvalue weighted by Crippen LogP contribution is -2.49. The van der Waals surface area contributed by atoms with Crippen molar-refractivity contribution in [1.29, 1.82) is 0 Å². The van der Waals surface area contributed by atoms with Crippen molar-refractivity contribution < 1.29 is 13.9 Å². The van der Waals surface area contributed by atoms with Crippen LogP contribution >= 0.6 is 0 Å². The SMILES string of the molecule is COCCNc1cnc(C(=O)N2CCN(c3ccccc3F)CC2)cn1. The number of halogens is 1. The monoisotopic (exact) mass is 359 g/mol. The van der Waals surface area contributed by atoms with Gasteiger partial charge in [0.25, 0.3) is 5.91 Å². The van der Waals surface area contributed by atoms with Crippen molar-refractivity contribution in [3.05, 3.63) is 48.2 Å². The number of piperazine rings is 1. The van der Waals surface area contributed by atoms with Crippen LogP contribution in [0.5, 0.6) is 0 Å². The lowest BCUT2D eigenvalue weighted by molar-refractivity contribution is 0.0740. The Morgan fingerprint density at radius 3 is 2.62 bits per heavy atom. The van der Waals surface area contributed by atoms with Gasteiger partial charge in [0.05, 0.1) is 24.7 Å². The van der Waals surface area contributed by atoms with Gasteiger partial charge in [-0.3, -0.25) is 4.79 Å². The van der Waals surface area contributed by atoms with Crippen molar-refractivity contribution >= 4 is 17.4 Å². The van der Waals surface area contributed by atoms with Crippen LogP contribution in [0.3, 0.4) is 0 Å². The van der Waals surface area contributed by atoms with Gasteiger partial charge < -0.3 is 19.9 Å². The third-order valence-corrected chi connectivity index (χ3v) is 4.24. The molecule has 0 radical (unpaired) electrons. The summed E-state index contributed by atoms with van der Waals surface area (Å²) in [5, 5.41) is 3.05. The molecule has 2 heterocycles. The number of para-hydroxylation sites is 1. The first-order valence-electron chi connectivity index (χ1n) is 8.52. The van der Waals surface area contributed by atoms with E-state index in [0.29, 0.717) is 56.5 Å². The standard InChI is InChI=1S/C18H22FN5O2/c1-26-11-6-20-17-13-21-15(12-22-17)18(25)24-9-7-23(8-10-24)16-5-3-2-4-14(16)19/h2-5,12-13H,6-11H2,1H3,(H,20,22). The molecule has 26 heavy (non-hydrogen) atoms. The quantitative estimate of drug-likeness (QED) is 0.791. The molecule has 138 valence electrons. The van der Waals surface area contributed by atoms with Gasteiger partial charge in [-0.2, -0.15) is 0 Å². The Hall–Kier alpha value is -2.74. The number of benzene rings is 1. The van der Waals surface area contributed by atoms with Gasteiger partial charge in [0, 0.05) is 39.8 Å². The molecule has 0 atom stereocenters. The van der Waals surface area contributed by atoms with E-state index >= 15 is 0 Å². The number of methoxy groups -OCH3 is 1. The number of nitrogens with one attached hydrogen (secondary N) is 1. The van der Waals surface area contributed by atoms with Gasteiger partial charge in [0.1, 0.15) is 17.3 Å². The first-order chi connectivity index (χ1) is 12.7. The van der Waals surface area contributed by atoms with E-state index in [-0.39, 0.29) is 11.7 Å². The highest BCUT2D eigenvalue weighted by Gasteiger charge is 2.24. The van der Waals surface area contributed by atoms with Gasteiger partial charge in [-0.1, -0.05) is 12.1 Å². The molecule has 1 aromatic heterocycles. The molecule has 8 heteroatoms. The van der Waals surface area contributed by atoms with Crippen LogP contribution < -0.4 is 10.2 Å². The Kier molecular flexibility index (Phi) is 5.96. The summed E-state index contributed by atoms with van der Waals surface area (Å²) >= 11 is 0. The fourth-order valence-corrected chi connectivity index (χ4v) is 2.83.